The van der Waals surface area contributed by atoms with Crippen molar-refractivity contribution >= 4 is 35.2 Å². The summed E-state index contributed by atoms with van der Waals surface area (Å²) in [7, 11) is 1.50. The van der Waals surface area contributed by atoms with Crippen LogP contribution < -0.4 is 16.0 Å². The fourth-order valence-electron chi connectivity index (χ4n) is 4.31. The highest BCUT2D eigenvalue weighted by molar-refractivity contribution is 6.08. The molecule has 4 rings (SSSR count). The van der Waals surface area contributed by atoms with Gasteiger partial charge in [-0.1, -0.05) is 51.6 Å². The van der Waals surface area contributed by atoms with E-state index in [1.807, 2.05) is 20.8 Å². The van der Waals surface area contributed by atoms with Crippen molar-refractivity contribution in [2.24, 2.45) is 5.73 Å². The molecule has 0 bridgehead atoms. The van der Waals surface area contributed by atoms with Crippen molar-refractivity contribution in [1.82, 2.24) is 14.8 Å². The summed E-state index contributed by atoms with van der Waals surface area (Å²) < 4.78 is 16.7. The molecule has 0 radical (unpaired) electrons. The van der Waals surface area contributed by atoms with E-state index in [-0.39, 0.29) is 22.4 Å². The Morgan fingerprint density at radius 1 is 1.20 bits per heavy atom. The summed E-state index contributed by atoms with van der Waals surface area (Å²) in [6, 6.07) is 13.3. The molecule has 4 aromatic rings. The molecule has 0 aliphatic heterocycles. The Morgan fingerprint density at radius 2 is 1.95 bits per heavy atom. The van der Waals surface area contributed by atoms with E-state index in [9.17, 15) is 14.7 Å². The van der Waals surface area contributed by atoms with Gasteiger partial charge in [0.2, 0.25) is 0 Å². The second kappa shape index (κ2) is 11.1. The zero-order valence-corrected chi connectivity index (χ0v) is 22.8. The maximum absolute atomic E-state index is 15.4. The molecular formula is C30H31FN6O3. The van der Waals surface area contributed by atoms with E-state index in [4.69, 9.17) is 5.73 Å². The Labute approximate surface area is 231 Å². The molecule has 0 unspecified atom stereocenters. The quantitative estimate of drug-likeness (QED) is 0.289. The standard InChI is InChI=1S/C30H31FN6O3/c1-6-18-14-19(30(2,3)4)15-22(31)26(18)29(40)36(5)23-10-9-11-24(21(23)17-38)37-16-20(27(32)39)28(35-37)34-25-12-7-8-13-33-25/h6-16,38H,1,17H2,2-5H3,(H2,32,39)(H,33,34,35). The van der Waals surface area contributed by atoms with Crippen LogP contribution in [-0.2, 0) is 12.0 Å². The van der Waals surface area contributed by atoms with Crippen LogP contribution in [0.1, 0.15) is 58.2 Å². The number of halogens is 1. The minimum Gasteiger partial charge on any atom is -0.392 e. The van der Waals surface area contributed by atoms with Crippen LogP contribution in [0.15, 0.2) is 67.5 Å². The number of primary amides is 1. The molecule has 0 aliphatic carbocycles. The van der Waals surface area contributed by atoms with Gasteiger partial charge in [0, 0.05) is 25.0 Å². The predicted molar refractivity (Wildman–Crippen MR) is 153 cm³/mol. The van der Waals surface area contributed by atoms with Gasteiger partial charge in [-0.05, 0) is 46.9 Å². The van der Waals surface area contributed by atoms with Crippen LogP contribution in [0.4, 0.5) is 21.7 Å². The van der Waals surface area contributed by atoms with Crippen molar-refractivity contribution in [1.29, 1.82) is 0 Å². The highest BCUT2D eigenvalue weighted by Gasteiger charge is 2.26. The number of nitrogens with one attached hydrogen (secondary N) is 1. The number of aromatic nitrogens is 3. The molecule has 40 heavy (non-hydrogen) atoms. The van der Waals surface area contributed by atoms with Crippen LogP contribution in [0.2, 0.25) is 0 Å². The molecule has 4 N–H and O–H groups in total. The van der Waals surface area contributed by atoms with Crippen molar-refractivity contribution in [2.75, 3.05) is 17.3 Å². The number of aliphatic hydroxyl groups excluding tert-OH is 1. The number of anilines is 3. The number of aliphatic hydroxyl groups is 1. The first-order valence-corrected chi connectivity index (χ1v) is 12.5. The Balaban J connectivity index is 1.77. The van der Waals surface area contributed by atoms with Gasteiger partial charge in [-0.3, -0.25) is 9.59 Å². The summed E-state index contributed by atoms with van der Waals surface area (Å²) in [6.45, 7) is 9.17. The number of rotatable bonds is 8. The lowest BCUT2D eigenvalue weighted by Crippen LogP contribution is -2.29. The SMILES string of the molecule is C=Cc1cc(C(C)(C)C)cc(F)c1C(=O)N(C)c1cccc(-n2cc(C(N)=O)c(Nc3ccccn3)n2)c1CO. The number of hydrogen-bond donors (Lipinski definition) is 3. The molecule has 9 nitrogen and oxygen atoms in total. The predicted octanol–water partition coefficient (Wildman–Crippen LogP) is 4.96. The summed E-state index contributed by atoms with van der Waals surface area (Å²) >= 11 is 0. The van der Waals surface area contributed by atoms with Gasteiger partial charge in [-0.15, -0.1) is 5.10 Å². The van der Waals surface area contributed by atoms with Crippen LogP contribution in [0, 0.1) is 5.82 Å². The number of amides is 2. The van der Waals surface area contributed by atoms with Crippen LogP contribution >= 0.6 is 0 Å². The van der Waals surface area contributed by atoms with E-state index in [0.29, 0.717) is 28.3 Å². The van der Waals surface area contributed by atoms with E-state index < -0.39 is 24.2 Å². The first-order valence-electron chi connectivity index (χ1n) is 12.5. The van der Waals surface area contributed by atoms with E-state index in [0.717, 1.165) is 5.56 Å². The smallest absolute Gasteiger partial charge is 0.261 e. The Bertz CT molecular complexity index is 1590. The highest BCUT2D eigenvalue weighted by atomic mass is 19.1. The summed E-state index contributed by atoms with van der Waals surface area (Å²) in [5.41, 5.74) is 7.38. The second-order valence-corrected chi connectivity index (χ2v) is 10.2. The largest absolute Gasteiger partial charge is 0.392 e. The lowest BCUT2D eigenvalue weighted by Gasteiger charge is -2.25. The zero-order valence-electron chi connectivity index (χ0n) is 22.8. The Kier molecular flexibility index (Phi) is 7.83. The average molecular weight is 543 g/mol. The molecule has 206 valence electrons. The third-order valence-electron chi connectivity index (χ3n) is 6.51. The molecule has 0 spiro atoms. The number of nitrogens with two attached hydrogens (primary N) is 1. The molecule has 0 saturated carbocycles. The van der Waals surface area contributed by atoms with Crippen LogP contribution in [0.3, 0.4) is 0 Å². The highest BCUT2D eigenvalue weighted by Crippen LogP contribution is 2.32. The number of benzene rings is 2. The van der Waals surface area contributed by atoms with Gasteiger partial charge in [0.05, 0.1) is 23.5 Å². The lowest BCUT2D eigenvalue weighted by atomic mass is 9.84. The van der Waals surface area contributed by atoms with Crippen molar-refractivity contribution < 1.29 is 19.1 Å². The molecule has 0 aliphatic rings. The van der Waals surface area contributed by atoms with Crippen LogP contribution in [0.5, 0.6) is 0 Å². The zero-order chi connectivity index (χ0) is 29.2. The number of hydrogen-bond acceptors (Lipinski definition) is 6. The van der Waals surface area contributed by atoms with E-state index in [1.54, 1.807) is 48.7 Å². The maximum atomic E-state index is 15.4. The van der Waals surface area contributed by atoms with Gasteiger partial charge in [0.25, 0.3) is 11.8 Å². The van der Waals surface area contributed by atoms with Crippen molar-refractivity contribution in [3.05, 3.63) is 101 Å². The molecule has 2 amide bonds. The van der Waals surface area contributed by atoms with Gasteiger partial charge in [-0.2, -0.15) is 0 Å². The van der Waals surface area contributed by atoms with Crippen molar-refractivity contribution in [2.45, 2.75) is 32.8 Å². The van der Waals surface area contributed by atoms with Gasteiger partial charge in [-0.25, -0.2) is 14.1 Å². The molecule has 2 aromatic carbocycles. The number of carbonyl (C=O) groups is 2. The summed E-state index contributed by atoms with van der Waals surface area (Å²) in [5.74, 6) is -1.37. The molecular weight excluding hydrogens is 511 g/mol. The van der Waals surface area contributed by atoms with Crippen molar-refractivity contribution in [3.8, 4) is 5.69 Å². The Morgan fingerprint density at radius 3 is 2.55 bits per heavy atom. The normalized spacial score (nSPS) is 11.2. The second-order valence-electron chi connectivity index (χ2n) is 10.2. The monoisotopic (exact) mass is 542 g/mol. The summed E-state index contributed by atoms with van der Waals surface area (Å²) in [6.07, 6.45) is 4.46. The average Bonchev–Trinajstić information content (AvgIpc) is 3.35. The van der Waals surface area contributed by atoms with E-state index in [2.05, 4.69) is 22.0 Å². The third kappa shape index (κ3) is 5.48. The third-order valence-corrected chi connectivity index (χ3v) is 6.51. The van der Waals surface area contributed by atoms with Gasteiger partial charge >= 0.3 is 0 Å². The van der Waals surface area contributed by atoms with Gasteiger partial charge in [0.1, 0.15) is 17.2 Å². The molecule has 10 heteroatoms. The fourth-order valence-corrected chi connectivity index (χ4v) is 4.31. The van der Waals surface area contributed by atoms with Crippen molar-refractivity contribution in [3.63, 3.8) is 0 Å². The molecule has 0 fully saturated rings. The van der Waals surface area contributed by atoms with Crippen LogP contribution in [0.25, 0.3) is 11.8 Å². The summed E-state index contributed by atoms with van der Waals surface area (Å²) in [5, 5.41) is 17.8. The topological polar surface area (TPSA) is 126 Å². The number of nitrogens with zero attached hydrogens (tertiary/aromatic N) is 4. The number of pyridine rings is 1. The van der Waals surface area contributed by atoms with E-state index in [1.165, 1.54) is 35.0 Å². The first-order chi connectivity index (χ1) is 19.0. The lowest BCUT2D eigenvalue weighted by molar-refractivity contribution is 0.0984. The number of carbonyl (C=O) groups excluding carboxylic acids is 2. The maximum Gasteiger partial charge on any atom is 0.261 e. The molecule has 0 atom stereocenters. The molecule has 2 heterocycles. The van der Waals surface area contributed by atoms with Crippen LogP contribution in [-0.4, -0.2) is 38.7 Å². The van der Waals surface area contributed by atoms with E-state index >= 15 is 4.39 Å². The fraction of sp³-hybridized carbons (Fsp3) is 0.200. The minimum atomic E-state index is -0.718. The first kappa shape index (κ1) is 28.2. The Hall–Kier alpha value is -4.83. The van der Waals surface area contributed by atoms with Gasteiger partial charge < -0.3 is 21.1 Å². The molecule has 0 saturated heterocycles. The molecule has 2 aromatic heterocycles. The minimum absolute atomic E-state index is 0.0982. The van der Waals surface area contributed by atoms with Gasteiger partial charge in [0.15, 0.2) is 5.82 Å². The summed E-state index contributed by atoms with van der Waals surface area (Å²) in [4.78, 5) is 31.3.